The van der Waals surface area contributed by atoms with Crippen LogP contribution in [0.1, 0.15) is 22.6 Å². The van der Waals surface area contributed by atoms with Gasteiger partial charge in [-0.25, -0.2) is 0 Å². The third-order valence-corrected chi connectivity index (χ3v) is 3.74. The van der Waals surface area contributed by atoms with Gasteiger partial charge in [-0.15, -0.1) is 0 Å². The van der Waals surface area contributed by atoms with Crippen LogP contribution in [0.4, 0.5) is 0 Å². The van der Waals surface area contributed by atoms with Crippen LogP contribution in [0.2, 0.25) is 5.02 Å². The Morgan fingerprint density at radius 1 is 1.05 bits per heavy atom. The first kappa shape index (κ1) is 14.1. The average Bonchev–Trinajstić information content (AvgIpc) is 2.41. The lowest BCUT2D eigenvalue weighted by Crippen LogP contribution is -2.19. The Labute approximate surface area is 120 Å². The van der Waals surface area contributed by atoms with Gasteiger partial charge in [-0.05, 0) is 37.6 Å². The van der Waals surface area contributed by atoms with E-state index < -0.39 is 0 Å². The molecule has 19 heavy (non-hydrogen) atoms. The van der Waals surface area contributed by atoms with Crippen LogP contribution in [0.5, 0.6) is 0 Å². The predicted octanol–water partition coefficient (Wildman–Crippen LogP) is 4.19. The zero-order chi connectivity index (χ0) is 13.7. The molecule has 1 atom stereocenters. The number of rotatable bonds is 5. The van der Waals surface area contributed by atoms with Crippen molar-refractivity contribution >= 4 is 11.6 Å². The topological polar surface area (TPSA) is 12.0 Å². The predicted molar refractivity (Wildman–Crippen MR) is 83.0 cm³/mol. The molecule has 2 heteroatoms. The van der Waals surface area contributed by atoms with Crippen LogP contribution in [0.25, 0.3) is 0 Å². The van der Waals surface area contributed by atoms with E-state index in [1.807, 2.05) is 19.2 Å². The van der Waals surface area contributed by atoms with Gasteiger partial charge in [0.1, 0.15) is 0 Å². The molecule has 2 rings (SSSR count). The molecular formula is C17H20ClN. The number of nitrogens with one attached hydrogen (secondary N) is 1. The second kappa shape index (κ2) is 6.74. The Morgan fingerprint density at radius 3 is 2.37 bits per heavy atom. The molecule has 0 saturated heterocycles. The van der Waals surface area contributed by atoms with Crippen LogP contribution in [0.3, 0.4) is 0 Å². The Kier molecular flexibility index (Phi) is 5.00. The molecular weight excluding hydrogens is 254 g/mol. The van der Waals surface area contributed by atoms with E-state index in [1.54, 1.807) is 0 Å². The first-order valence-electron chi connectivity index (χ1n) is 6.65. The molecule has 2 aromatic carbocycles. The van der Waals surface area contributed by atoms with Crippen LogP contribution in [0, 0.1) is 6.92 Å². The maximum Gasteiger partial charge on any atom is 0.0441 e. The Morgan fingerprint density at radius 2 is 1.74 bits per heavy atom. The molecule has 0 spiro atoms. The van der Waals surface area contributed by atoms with Crippen molar-refractivity contribution < 1.29 is 0 Å². The number of benzene rings is 2. The van der Waals surface area contributed by atoms with Crippen LogP contribution in [-0.4, -0.2) is 13.6 Å². The van der Waals surface area contributed by atoms with Gasteiger partial charge >= 0.3 is 0 Å². The molecule has 0 aromatic heterocycles. The minimum atomic E-state index is 0.404. The minimum Gasteiger partial charge on any atom is -0.319 e. The van der Waals surface area contributed by atoms with E-state index in [2.05, 4.69) is 48.6 Å². The minimum absolute atomic E-state index is 0.404. The van der Waals surface area contributed by atoms with Gasteiger partial charge in [0.2, 0.25) is 0 Å². The highest BCUT2D eigenvalue weighted by Crippen LogP contribution is 2.27. The molecule has 1 unspecified atom stereocenters. The van der Waals surface area contributed by atoms with Crippen molar-refractivity contribution in [3.8, 4) is 0 Å². The van der Waals surface area contributed by atoms with E-state index in [-0.39, 0.29) is 0 Å². The number of aryl methyl sites for hydroxylation is 1. The Hall–Kier alpha value is -1.31. The van der Waals surface area contributed by atoms with Crippen molar-refractivity contribution in [2.24, 2.45) is 0 Å². The summed E-state index contributed by atoms with van der Waals surface area (Å²) >= 11 is 6.32. The fourth-order valence-corrected chi connectivity index (χ4v) is 2.64. The average molecular weight is 274 g/mol. The molecule has 0 bridgehead atoms. The van der Waals surface area contributed by atoms with Gasteiger partial charge in [-0.2, -0.15) is 0 Å². The van der Waals surface area contributed by atoms with E-state index in [1.165, 1.54) is 16.7 Å². The first-order valence-corrected chi connectivity index (χ1v) is 7.03. The van der Waals surface area contributed by atoms with Gasteiger partial charge in [-0.1, -0.05) is 59.6 Å². The van der Waals surface area contributed by atoms with Crippen LogP contribution in [-0.2, 0) is 6.42 Å². The summed E-state index contributed by atoms with van der Waals surface area (Å²) in [5.74, 6) is 0.404. The van der Waals surface area contributed by atoms with Gasteiger partial charge in [0.05, 0.1) is 0 Å². The first-order chi connectivity index (χ1) is 9.20. The van der Waals surface area contributed by atoms with Gasteiger partial charge in [0, 0.05) is 17.5 Å². The summed E-state index contributed by atoms with van der Waals surface area (Å²) in [6.07, 6.45) is 1.00. The zero-order valence-corrected chi connectivity index (χ0v) is 12.2. The summed E-state index contributed by atoms with van der Waals surface area (Å²) < 4.78 is 0. The van der Waals surface area contributed by atoms with Crippen LogP contribution >= 0.6 is 11.6 Å². The second-order valence-corrected chi connectivity index (χ2v) is 5.37. The van der Waals surface area contributed by atoms with E-state index in [4.69, 9.17) is 11.6 Å². The SMILES string of the molecule is CNCC(Cc1ccc(C)cc1)c1ccccc1Cl. The summed E-state index contributed by atoms with van der Waals surface area (Å²) in [6, 6.07) is 16.9. The van der Waals surface area contributed by atoms with Gasteiger partial charge in [-0.3, -0.25) is 0 Å². The zero-order valence-electron chi connectivity index (χ0n) is 11.5. The molecule has 0 amide bonds. The standard InChI is InChI=1S/C17H20ClN/c1-13-7-9-14(10-8-13)11-15(12-19-2)16-5-3-4-6-17(16)18/h3-10,15,19H,11-12H2,1-2H3. The van der Waals surface area contributed by atoms with Crippen LogP contribution < -0.4 is 5.32 Å². The van der Waals surface area contributed by atoms with E-state index in [0.29, 0.717) is 5.92 Å². The molecule has 0 heterocycles. The van der Waals surface area contributed by atoms with E-state index in [0.717, 1.165) is 18.0 Å². The fraction of sp³-hybridized carbons (Fsp3) is 0.294. The van der Waals surface area contributed by atoms with Gasteiger partial charge < -0.3 is 5.32 Å². The summed E-state index contributed by atoms with van der Waals surface area (Å²) in [7, 11) is 1.99. The highest BCUT2D eigenvalue weighted by Gasteiger charge is 2.14. The highest BCUT2D eigenvalue weighted by atomic mass is 35.5. The molecule has 0 aliphatic rings. The van der Waals surface area contributed by atoms with Crippen molar-refractivity contribution in [2.75, 3.05) is 13.6 Å². The van der Waals surface area contributed by atoms with Crippen molar-refractivity contribution in [1.29, 1.82) is 0 Å². The monoisotopic (exact) mass is 273 g/mol. The molecule has 0 fully saturated rings. The lowest BCUT2D eigenvalue weighted by atomic mass is 9.91. The molecule has 1 N–H and O–H groups in total. The third kappa shape index (κ3) is 3.82. The normalized spacial score (nSPS) is 12.4. The van der Waals surface area contributed by atoms with E-state index >= 15 is 0 Å². The number of hydrogen-bond acceptors (Lipinski definition) is 1. The quantitative estimate of drug-likeness (QED) is 0.861. The highest BCUT2D eigenvalue weighted by molar-refractivity contribution is 6.31. The molecule has 0 aliphatic carbocycles. The second-order valence-electron chi connectivity index (χ2n) is 4.97. The van der Waals surface area contributed by atoms with Crippen molar-refractivity contribution in [2.45, 2.75) is 19.3 Å². The number of hydrogen-bond donors (Lipinski definition) is 1. The number of halogens is 1. The fourth-order valence-electron chi connectivity index (χ4n) is 2.35. The molecule has 1 nitrogen and oxygen atoms in total. The van der Waals surface area contributed by atoms with E-state index in [9.17, 15) is 0 Å². The Bertz CT molecular complexity index is 519. The van der Waals surface area contributed by atoms with Gasteiger partial charge in [0.25, 0.3) is 0 Å². The Balaban J connectivity index is 2.21. The summed E-state index contributed by atoms with van der Waals surface area (Å²) in [4.78, 5) is 0. The lowest BCUT2D eigenvalue weighted by Gasteiger charge is -2.18. The summed E-state index contributed by atoms with van der Waals surface area (Å²) in [6.45, 7) is 3.04. The largest absolute Gasteiger partial charge is 0.319 e. The molecule has 2 aromatic rings. The van der Waals surface area contributed by atoms with Crippen molar-refractivity contribution in [1.82, 2.24) is 5.32 Å². The lowest BCUT2D eigenvalue weighted by molar-refractivity contribution is 0.626. The van der Waals surface area contributed by atoms with Crippen molar-refractivity contribution in [3.63, 3.8) is 0 Å². The third-order valence-electron chi connectivity index (χ3n) is 3.40. The van der Waals surface area contributed by atoms with Crippen molar-refractivity contribution in [3.05, 3.63) is 70.2 Å². The molecule has 100 valence electrons. The maximum absolute atomic E-state index is 6.32. The van der Waals surface area contributed by atoms with Crippen LogP contribution in [0.15, 0.2) is 48.5 Å². The molecule has 0 saturated carbocycles. The summed E-state index contributed by atoms with van der Waals surface area (Å²) in [5, 5.41) is 4.12. The maximum atomic E-state index is 6.32. The van der Waals surface area contributed by atoms with Gasteiger partial charge in [0.15, 0.2) is 0 Å². The molecule has 0 aliphatic heterocycles. The molecule has 0 radical (unpaired) electrons. The smallest absolute Gasteiger partial charge is 0.0441 e. The summed E-state index contributed by atoms with van der Waals surface area (Å²) in [5.41, 5.74) is 3.87. The number of likely N-dealkylation sites (N-methyl/N-ethyl adjacent to an activating group) is 1.